The Balaban J connectivity index is 0.00000220. The lowest BCUT2D eigenvalue weighted by molar-refractivity contribution is -0.121. The zero-order chi connectivity index (χ0) is 14.8. The van der Waals surface area contributed by atoms with Gasteiger partial charge in [-0.3, -0.25) is 4.79 Å². The maximum absolute atomic E-state index is 12.3. The molecule has 0 bridgehead atoms. The molecule has 1 aliphatic rings. The Hall–Kier alpha value is -0.780. The van der Waals surface area contributed by atoms with Crippen LogP contribution in [0.25, 0.3) is 0 Å². The molecule has 21 heavy (non-hydrogen) atoms. The summed E-state index contributed by atoms with van der Waals surface area (Å²) in [5, 5.41) is 2.90. The number of carbonyl (C=O) groups is 1. The fourth-order valence-electron chi connectivity index (χ4n) is 2.46. The van der Waals surface area contributed by atoms with Crippen LogP contribution in [0.5, 0.6) is 5.75 Å². The summed E-state index contributed by atoms with van der Waals surface area (Å²) in [6.07, 6.45) is 3.63. The van der Waals surface area contributed by atoms with Gasteiger partial charge in [0.15, 0.2) is 0 Å². The minimum atomic E-state index is -0.721. The molecule has 1 saturated carbocycles. The van der Waals surface area contributed by atoms with Crippen LogP contribution >= 0.6 is 28.3 Å². The highest BCUT2D eigenvalue weighted by Gasteiger charge is 2.37. The summed E-state index contributed by atoms with van der Waals surface area (Å²) < 4.78 is 6.52. The molecule has 0 unspecified atom stereocenters. The predicted molar refractivity (Wildman–Crippen MR) is 91.2 cm³/mol. The number of hydrogen-bond acceptors (Lipinski definition) is 3. The van der Waals surface area contributed by atoms with Crippen LogP contribution in [0.2, 0.25) is 0 Å². The van der Waals surface area contributed by atoms with Gasteiger partial charge in [0.25, 0.3) is 0 Å². The highest BCUT2D eigenvalue weighted by molar-refractivity contribution is 9.10. The number of ether oxygens (including phenoxy) is 1. The molecule has 0 atom stereocenters. The van der Waals surface area contributed by atoms with Gasteiger partial charge in [0, 0.05) is 16.2 Å². The molecule has 0 heterocycles. The van der Waals surface area contributed by atoms with E-state index in [1.54, 1.807) is 0 Å². The second-order valence-electron chi connectivity index (χ2n) is 5.66. The van der Waals surface area contributed by atoms with Crippen molar-refractivity contribution >= 4 is 39.9 Å². The zero-order valence-electron chi connectivity index (χ0n) is 12.3. The second-order valence-corrected chi connectivity index (χ2v) is 6.58. The first-order valence-electron chi connectivity index (χ1n) is 6.97. The summed E-state index contributed by atoms with van der Waals surface area (Å²) in [6.45, 7) is 3.93. The SMILES string of the molecule is CC(C)Oc1cc(Br)cc(NC(=O)C2(N)CCCC2)c1.Cl. The number of nitrogens with two attached hydrogens (primary N) is 1. The van der Waals surface area contributed by atoms with Gasteiger partial charge < -0.3 is 15.8 Å². The molecule has 118 valence electrons. The summed E-state index contributed by atoms with van der Waals surface area (Å²) in [7, 11) is 0. The largest absolute Gasteiger partial charge is 0.491 e. The van der Waals surface area contributed by atoms with Crippen molar-refractivity contribution in [2.24, 2.45) is 5.73 Å². The molecule has 1 aromatic carbocycles. The average Bonchev–Trinajstić information content (AvgIpc) is 2.75. The van der Waals surface area contributed by atoms with Crippen molar-refractivity contribution in [3.05, 3.63) is 22.7 Å². The van der Waals surface area contributed by atoms with E-state index < -0.39 is 5.54 Å². The highest BCUT2D eigenvalue weighted by Crippen LogP contribution is 2.30. The molecule has 3 N–H and O–H groups in total. The Kier molecular flexibility index (Phi) is 6.50. The molecule has 0 radical (unpaired) electrons. The monoisotopic (exact) mass is 376 g/mol. The van der Waals surface area contributed by atoms with E-state index in [4.69, 9.17) is 10.5 Å². The van der Waals surface area contributed by atoms with Crippen molar-refractivity contribution in [2.45, 2.75) is 51.2 Å². The number of nitrogens with one attached hydrogen (secondary N) is 1. The number of benzene rings is 1. The molecule has 1 aliphatic carbocycles. The van der Waals surface area contributed by atoms with Crippen LogP contribution in [0.4, 0.5) is 5.69 Å². The molecular weight excluding hydrogens is 356 g/mol. The lowest BCUT2D eigenvalue weighted by atomic mass is 9.98. The van der Waals surface area contributed by atoms with Crippen molar-refractivity contribution in [3.8, 4) is 5.75 Å². The second kappa shape index (κ2) is 7.47. The Labute approximate surface area is 140 Å². The topological polar surface area (TPSA) is 64.3 Å². The van der Waals surface area contributed by atoms with Gasteiger partial charge in [-0.25, -0.2) is 0 Å². The van der Waals surface area contributed by atoms with Crippen LogP contribution in [0.1, 0.15) is 39.5 Å². The van der Waals surface area contributed by atoms with E-state index in [-0.39, 0.29) is 24.4 Å². The molecule has 0 spiro atoms. The lowest BCUT2D eigenvalue weighted by Gasteiger charge is -2.22. The summed E-state index contributed by atoms with van der Waals surface area (Å²) in [6, 6.07) is 5.55. The van der Waals surface area contributed by atoms with Crippen LogP contribution in [0.15, 0.2) is 22.7 Å². The zero-order valence-corrected chi connectivity index (χ0v) is 14.7. The van der Waals surface area contributed by atoms with Gasteiger partial charge >= 0.3 is 0 Å². The van der Waals surface area contributed by atoms with Gasteiger partial charge in [-0.2, -0.15) is 0 Å². The van der Waals surface area contributed by atoms with Crippen LogP contribution in [-0.4, -0.2) is 17.6 Å². The van der Waals surface area contributed by atoms with Crippen LogP contribution in [-0.2, 0) is 4.79 Å². The molecule has 1 fully saturated rings. The normalized spacial score (nSPS) is 16.4. The smallest absolute Gasteiger partial charge is 0.244 e. The first-order valence-corrected chi connectivity index (χ1v) is 7.76. The van der Waals surface area contributed by atoms with E-state index in [1.165, 1.54) is 0 Å². The number of carbonyl (C=O) groups excluding carboxylic acids is 1. The van der Waals surface area contributed by atoms with Gasteiger partial charge in [-0.05, 0) is 38.8 Å². The van der Waals surface area contributed by atoms with Crippen molar-refractivity contribution in [3.63, 3.8) is 0 Å². The summed E-state index contributed by atoms with van der Waals surface area (Å²) in [5.74, 6) is 0.616. The van der Waals surface area contributed by atoms with E-state index in [2.05, 4.69) is 21.2 Å². The lowest BCUT2D eigenvalue weighted by Crippen LogP contribution is -2.48. The number of halogens is 2. The fourth-order valence-corrected chi connectivity index (χ4v) is 2.94. The maximum atomic E-state index is 12.3. The quantitative estimate of drug-likeness (QED) is 0.837. The van der Waals surface area contributed by atoms with Crippen LogP contribution in [0, 0.1) is 0 Å². The standard InChI is InChI=1S/C15H21BrN2O2.ClH/c1-10(2)20-13-8-11(16)7-12(9-13)18-14(19)15(17)5-3-4-6-15;/h7-10H,3-6,17H2,1-2H3,(H,18,19);1H. The molecule has 1 aromatic rings. The van der Waals surface area contributed by atoms with Crippen LogP contribution in [0.3, 0.4) is 0 Å². The first kappa shape index (κ1) is 18.3. The van der Waals surface area contributed by atoms with Gasteiger partial charge in [0.2, 0.25) is 5.91 Å². The molecular formula is C15H22BrClN2O2. The van der Waals surface area contributed by atoms with Crippen LogP contribution < -0.4 is 15.8 Å². The Morgan fingerprint density at radius 3 is 2.52 bits per heavy atom. The van der Waals surface area contributed by atoms with Gasteiger partial charge in [0.1, 0.15) is 5.75 Å². The van der Waals surface area contributed by atoms with Crippen molar-refractivity contribution in [1.82, 2.24) is 0 Å². The Morgan fingerprint density at radius 2 is 1.95 bits per heavy atom. The van der Waals surface area contributed by atoms with E-state index in [0.717, 1.165) is 35.9 Å². The molecule has 1 amide bonds. The Bertz CT molecular complexity index is 502. The third-order valence-corrected chi connectivity index (χ3v) is 3.91. The predicted octanol–water partition coefficient (Wildman–Crippen LogP) is 3.87. The summed E-state index contributed by atoms with van der Waals surface area (Å²) in [4.78, 5) is 12.3. The number of rotatable bonds is 4. The first-order chi connectivity index (χ1) is 9.39. The van der Waals surface area contributed by atoms with E-state index >= 15 is 0 Å². The number of anilines is 1. The summed E-state index contributed by atoms with van der Waals surface area (Å²) >= 11 is 3.43. The molecule has 0 aromatic heterocycles. The molecule has 2 rings (SSSR count). The third kappa shape index (κ3) is 4.87. The average molecular weight is 378 g/mol. The summed E-state index contributed by atoms with van der Waals surface area (Å²) in [5.41, 5.74) is 6.14. The van der Waals surface area contributed by atoms with E-state index in [0.29, 0.717) is 5.69 Å². The minimum Gasteiger partial charge on any atom is -0.491 e. The molecule has 0 saturated heterocycles. The van der Waals surface area contributed by atoms with Crippen molar-refractivity contribution in [1.29, 1.82) is 0 Å². The third-order valence-electron chi connectivity index (χ3n) is 3.45. The van der Waals surface area contributed by atoms with Gasteiger partial charge in [-0.15, -0.1) is 12.4 Å². The van der Waals surface area contributed by atoms with E-state index in [1.807, 2.05) is 32.0 Å². The highest BCUT2D eigenvalue weighted by atomic mass is 79.9. The fraction of sp³-hybridized carbons (Fsp3) is 0.533. The molecule has 6 heteroatoms. The van der Waals surface area contributed by atoms with Crippen molar-refractivity contribution < 1.29 is 9.53 Å². The van der Waals surface area contributed by atoms with Gasteiger partial charge in [-0.1, -0.05) is 28.8 Å². The van der Waals surface area contributed by atoms with E-state index in [9.17, 15) is 4.79 Å². The molecule has 4 nitrogen and oxygen atoms in total. The Morgan fingerprint density at radius 1 is 1.33 bits per heavy atom. The number of amides is 1. The van der Waals surface area contributed by atoms with Gasteiger partial charge in [0.05, 0.1) is 11.6 Å². The minimum absolute atomic E-state index is 0. The number of hydrogen-bond donors (Lipinski definition) is 2. The van der Waals surface area contributed by atoms with Crippen molar-refractivity contribution in [2.75, 3.05) is 5.32 Å². The maximum Gasteiger partial charge on any atom is 0.244 e. The molecule has 0 aliphatic heterocycles.